The van der Waals surface area contributed by atoms with Gasteiger partial charge in [0.15, 0.2) is 0 Å². The summed E-state index contributed by atoms with van der Waals surface area (Å²) in [4.78, 5) is 4.45. The second kappa shape index (κ2) is 6.88. The first-order valence-electron chi connectivity index (χ1n) is 5.74. The van der Waals surface area contributed by atoms with Crippen molar-refractivity contribution in [2.24, 2.45) is 10.9 Å². The topological polar surface area (TPSA) is 62.1 Å². The van der Waals surface area contributed by atoms with Gasteiger partial charge < -0.3 is 14.9 Å². The van der Waals surface area contributed by atoms with Crippen LogP contribution in [0.5, 0.6) is 5.75 Å². The Hall–Kier alpha value is -0.108. The Morgan fingerprint density at radius 3 is 2.89 bits per heavy atom. The van der Waals surface area contributed by atoms with Crippen molar-refractivity contribution in [3.63, 3.8) is 0 Å². The fourth-order valence-electron chi connectivity index (χ4n) is 1.81. The molecule has 18 heavy (non-hydrogen) atoms. The minimum Gasteiger partial charge on any atom is -0.508 e. The second-order valence-electron chi connectivity index (χ2n) is 4.42. The second-order valence-corrected chi connectivity index (χ2v) is 4.42. The Morgan fingerprint density at radius 2 is 2.22 bits per heavy atom. The molecule has 0 fully saturated rings. The average molecular weight is 462 g/mol. The summed E-state index contributed by atoms with van der Waals surface area (Å²) in [6, 6.07) is 5.28. The largest absolute Gasteiger partial charge is 0.508 e. The first-order valence-corrected chi connectivity index (χ1v) is 5.74. The molecule has 1 aliphatic heterocycles. The number of aromatic hydroxyl groups is 1. The van der Waals surface area contributed by atoms with Crippen molar-refractivity contribution in [1.82, 2.24) is 0 Å². The summed E-state index contributed by atoms with van der Waals surface area (Å²) in [5.41, 5.74) is 1.58. The molecule has 4 nitrogen and oxygen atoms in total. The number of ether oxygens (including phenoxy) is 1. The van der Waals surface area contributed by atoms with Crippen molar-refractivity contribution in [3.05, 3.63) is 29.3 Å². The van der Waals surface area contributed by atoms with Crippen LogP contribution in [0.25, 0.3) is 0 Å². The van der Waals surface area contributed by atoms with Gasteiger partial charge in [0.2, 0.25) is 5.90 Å². The van der Waals surface area contributed by atoms with E-state index in [4.69, 9.17) is 9.84 Å². The fourth-order valence-corrected chi connectivity index (χ4v) is 1.81. The number of nitrogens with zero attached hydrogens (tertiary/aromatic N) is 1. The summed E-state index contributed by atoms with van der Waals surface area (Å²) in [5.74, 6) is 0.890. The number of hydrogen-bond donors (Lipinski definition) is 2. The quantitative estimate of drug-likeness (QED) is 0.716. The minimum absolute atomic E-state index is 0. The zero-order chi connectivity index (χ0) is 12.4. The molecule has 1 radical (unpaired) electrons. The van der Waals surface area contributed by atoms with Gasteiger partial charge in [0.25, 0.3) is 0 Å². The molecule has 1 heterocycles. The van der Waals surface area contributed by atoms with Crippen molar-refractivity contribution in [2.75, 3.05) is 13.2 Å². The first kappa shape index (κ1) is 15.9. The minimum atomic E-state index is -0.00301. The SMILES string of the molecule is Cc1c(O)cccc1C1=N[C@H]([C@@H](C)CO)CO1.[Ac]. The van der Waals surface area contributed by atoms with Gasteiger partial charge in [0.1, 0.15) is 12.4 Å². The maximum Gasteiger partial charge on any atom is 0.216 e. The third-order valence-electron chi connectivity index (χ3n) is 3.15. The maximum atomic E-state index is 9.63. The van der Waals surface area contributed by atoms with E-state index >= 15 is 0 Å². The van der Waals surface area contributed by atoms with Crippen LogP contribution in [0, 0.1) is 56.9 Å². The van der Waals surface area contributed by atoms with E-state index in [1.165, 1.54) is 0 Å². The van der Waals surface area contributed by atoms with Crippen LogP contribution in [0.1, 0.15) is 18.1 Å². The predicted molar refractivity (Wildman–Crippen MR) is 65.4 cm³/mol. The molecular formula is C13H17AcNO3. The zero-order valence-electron chi connectivity index (χ0n) is 10.6. The third-order valence-corrected chi connectivity index (χ3v) is 3.15. The molecular weight excluding hydrogens is 445 g/mol. The summed E-state index contributed by atoms with van der Waals surface area (Å²) in [6.45, 7) is 4.37. The van der Waals surface area contributed by atoms with Gasteiger partial charge in [-0.1, -0.05) is 13.0 Å². The van der Waals surface area contributed by atoms with Crippen molar-refractivity contribution >= 4 is 5.90 Å². The van der Waals surface area contributed by atoms with Crippen LogP contribution in [0.4, 0.5) is 0 Å². The molecule has 1 aliphatic rings. The molecule has 0 aromatic heterocycles. The van der Waals surface area contributed by atoms with Gasteiger partial charge in [0, 0.05) is 67.7 Å². The molecule has 0 unspecified atom stereocenters. The van der Waals surface area contributed by atoms with Gasteiger partial charge >= 0.3 is 0 Å². The van der Waals surface area contributed by atoms with Crippen LogP contribution in [0.2, 0.25) is 0 Å². The molecule has 0 saturated carbocycles. The maximum absolute atomic E-state index is 9.63. The molecule has 2 rings (SSSR count). The van der Waals surface area contributed by atoms with E-state index < -0.39 is 0 Å². The summed E-state index contributed by atoms with van der Waals surface area (Å²) in [6.07, 6.45) is 0. The van der Waals surface area contributed by atoms with E-state index in [0.29, 0.717) is 12.5 Å². The van der Waals surface area contributed by atoms with Gasteiger partial charge in [0.05, 0.1) is 6.04 Å². The number of phenols is 1. The Kier molecular flexibility index (Phi) is 6.10. The molecule has 95 valence electrons. The van der Waals surface area contributed by atoms with Gasteiger partial charge in [-0.2, -0.15) is 0 Å². The van der Waals surface area contributed by atoms with E-state index in [2.05, 4.69) is 4.99 Å². The smallest absolute Gasteiger partial charge is 0.216 e. The van der Waals surface area contributed by atoms with Crippen molar-refractivity contribution in [1.29, 1.82) is 0 Å². The third kappa shape index (κ3) is 3.26. The summed E-state index contributed by atoms with van der Waals surface area (Å²) < 4.78 is 5.54. The zero-order valence-corrected chi connectivity index (χ0v) is 15.4. The number of aliphatic hydroxyl groups is 1. The molecule has 0 saturated heterocycles. The average Bonchev–Trinajstić information content (AvgIpc) is 2.81. The van der Waals surface area contributed by atoms with Crippen molar-refractivity contribution < 1.29 is 59.0 Å². The summed E-state index contributed by atoms with van der Waals surface area (Å²) in [7, 11) is 0. The van der Waals surface area contributed by atoms with Crippen molar-refractivity contribution in [3.8, 4) is 5.75 Å². The van der Waals surface area contributed by atoms with Crippen LogP contribution in [-0.4, -0.2) is 35.4 Å². The van der Waals surface area contributed by atoms with Gasteiger partial charge in [-0.25, -0.2) is 4.99 Å². The molecule has 1 aromatic rings. The van der Waals surface area contributed by atoms with Crippen LogP contribution in [-0.2, 0) is 4.74 Å². The molecule has 0 spiro atoms. The number of aliphatic imine (C=N–C) groups is 1. The van der Waals surface area contributed by atoms with E-state index in [9.17, 15) is 5.11 Å². The molecule has 1 aromatic carbocycles. The number of hydrogen-bond acceptors (Lipinski definition) is 4. The van der Waals surface area contributed by atoms with Crippen LogP contribution < -0.4 is 0 Å². The molecule has 5 heteroatoms. The van der Waals surface area contributed by atoms with E-state index in [0.717, 1.165) is 11.1 Å². The van der Waals surface area contributed by atoms with E-state index in [1.54, 1.807) is 12.1 Å². The standard InChI is InChI=1S/C13H17NO3.Ac/c1-8(6-15)11-7-17-13(14-11)10-4-3-5-12(16)9(10)2;/h3-5,8,11,15-16H,6-7H2,1-2H3;/t8-,11-;/m0./s1. The van der Waals surface area contributed by atoms with Crippen LogP contribution >= 0.6 is 0 Å². The number of aliphatic hydroxyl groups excluding tert-OH is 1. The Morgan fingerprint density at radius 1 is 1.50 bits per heavy atom. The molecule has 0 amide bonds. The van der Waals surface area contributed by atoms with Crippen molar-refractivity contribution in [2.45, 2.75) is 19.9 Å². The summed E-state index contributed by atoms with van der Waals surface area (Å²) in [5, 5.41) is 18.7. The first-order chi connectivity index (χ1) is 8.13. The Balaban J connectivity index is 0.00000162. The molecule has 2 N–H and O–H groups in total. The van der Waals surface area contributed by atoms with E-state index in [-0.39, 0.29) is 68.4 Å². The predicted octanol–water partition coefficient (Wildman–Crippen LogP) is 1.47. The number of phenolic OH excluding ortho intramolecular Hbond substituents is 1. The van der Waals surface area contributed by atoms with Crippen LogP contribution in [0.3, 0.4) is 0 Å². The Bertz CT molecular complexity index is 448. The molecule has 2 atom stereocenters. The monoisotopic (exact) mass is 462 g/mol. The number of benzene rings is 1. The van der Waals surface area contributed by atoms with Crippen LogP contribution in [0.15, 0.2) is 23.2 Å². The normalized spacial score (nSPS) is 19.7. The molecule has 0 bridgehead atoms. The Labute approximate surface area is 143 Å². The number of rotatable bonds is 3. The summed E-state index contributed by atoms with van der Waals surface area (Å²) >= 11 is 0. The van der Waals surface area contributed by atoms with Gasteiger partial charge in [-0.05, 0) is 19.1 Å². The molecule has 0 aliphatic carbocycles. The van der Waals surface area contributed by atoms with E-state index in [1.807, 2.05) is 19.9 Å². The van der Waals surface area contributed by atoms with Gasteiger partial charge in [-0.15, -0.1) is 0 Å². The fraction of sp³-hybridized carbons (Fsp3) is 0.462. The van der Waals surface area contributed by atoms with Gasteiger partial charge in [-0.3, -0.25) is 0 Å².